The van der Waals surface area contributed by atoms with Crippen LogP contribution < -0.4 is 5.32 Å². The molecule has 0 unspecified atom stereocenters. The second-order valence-electron chi connectivity index (χ2n) is 7.18. The highest BCUT2D eigenvalue weighted by Crippen LogP contribution is 2.43. The minimum Gasteiger partial charge on any atom is -0.386 e. The van der Waals surface area contributed by atoms with Crippen LogP contribution in [0.2, 0.25) is 0 Å². The molecule has 0 aliphatic carbocycles. The Kier molecular flexibility index (Phi) is 2.97. The molecular weight excluding hydrogens is 306 g/mol. The van der Waals surface area contributed by atoms with Crippen LogP contribution in [-0.4, -0.2) is 36.0 Å². The zero-order chi connectivity index (χ0) is 15.4. The van der Waals surface area contributed by atoms with Crippen molar-refractivity contribution >= 4 is 32.9 Å². The number of rotatable bonds is 1. The molecule has 1 spiro atoms. The zero-order valence-corrected chi connectivity index (χ0v) is 14.2. The number of amidine groups is 1. The fourth-order valence-corrected chi connectivity index (χ4v) is 5.38. The summed E-state index contributed by atoms with van der Waals surface area (Å²) in [4.78, 5) is 8.50. The van der Waals surface area contributed by atoms with Crippen LogP contribution in [0.5, 0.6) is 0 Å². The lowest BCUT2D eigenvalue weighted by molar-refractivity contribution is -0.136. The number of aryl methyl sites for hydroxylation is 1. The van der Waals surface area contributed by atoms with Crippen LogP contribution in [0.1, 0.15) is 24.8 Å². The third-order valence-corrected chi connectivity index (χ3v) is 6.75. The topological polar surface area (TPSA) is 36.9 Å². The molecule has 3 fully saturated rings. The number of thiophene rings is 1. The summed E-state index contributed by atoms with van der Waals surface area (Å²) >= 11 is 1.80. The van der Waals surface area contributed by atoms with E-state index >= 15 is 0 Å². The van der Waals surface area contributed by atoms with Crippen molar-refractivity contribution < 1.29 is 4.84 Å². The highest BCUT2D eigenvalue weighted by molar-refractivity contribution is 7.17. The van der Waals surface area contributed by atoms with Crippen molar-refractivity contribution in [2.75, 3.05) is 25.0 Å². The first-order valence-corrected chi connectivity index (χ1v) is 9.32. The quantitative estimate of drug-likeness (QED) is 0.865. The molecule has 1 N–H and O–H groups in total. The molecule has 2 bridgehead atoms. The number of nitrogens with zero attached hydrogens (tertiary/aromatic N) is 2. The van der Waals surface area contributed by atoms with Crippen molar-refractivity contribution in [2.24, 2.45) is 11.1 Å². The van der Waals surface area contributed by atoms with Gasteiger partial charge in [-0.15, -0.1) is 11.3 Å². The Balaban J connectivity index is 1.35. The van der Waals surface area contributed by atoms with Crippen LogP contribution in [0.15, 0.2) is 28.7 Å². The maximum atomic E-state index is 5.98. The van der Waals surface area contributed by atoms with Crippen LogP contribution in [0, 0.1) is 12.8 Å². The van der Waals surface area contributed by atoms with Crippen molar-refractivity contribution in [1.29, 1.82) is 0 Å². The van der Waals surface area contributed by atoms with Gasteiger partial charge in [0.25, 0.3) is 0 Å². The Bertz CT molecular complexity index is 791. The third-order valence-electron chi connectivity index (χ3n) is 5.68. The fraction of sp³-hybridized carbons (Fsp3) is 0.500. The second kappa shape index (κ2) is 4.95. The molecule has 1 aromatic heterocycles. The number of nitrogens with one attached hydrogen (secondary N) is 1. The Labute approximate surface area is 140 Å². The van der Waals surface area contributed by atoms with Crippen LogP contribution in [0.25, 0.3) is 10.1 Å². The molecule has 6 rings (SSSR count). The number of fused-ring (bicyclic) bond motifs is 3. The van der Waals surface area contributed by atoms with Crippen molar-refractivity contribution in [3.8, 4) is 0 Å². The fourth-order valence-electron chi connectivity index (χ4n) is 4.39. The zero-order valence-electron chi connectivity index (χ0n) is 13.3. The van der Waals surface area contributed by atoms with Crippen LogP contribution in [0.3, 0.4) is 0 Å². The van der Waals surface area contributed by atoms with E-state index in [1.807, 2.05) is 0 Å². The Morgan fingerprint density at radius 3 is 3.00 bits per heavy atom. The van der Waals surface area contributed by atoms with Gasteiger partial charge in [-0.25, -0.2) is 0 Å². The summed E-state index contributed by atoms with van der Waals surface area (Å²) in [5.41, 5.74) is 2.40. The molecular formula is C18H21N3OS. The predicted molar refractivity (Wildman–Crippen MR) is 95.2 cm³/mol. The number of benzene rings is 1. The predicted octanol–water partition coefficient (Wildman–Crippen LogP) is 3.82. The molecule has 1 atom stereocenters. The van der Waals surface area contributed by atoms with Gasteiger partial charge in [0.05, 0.1) is 6.42 Å². The van der Waals surface area contributed by atoms with Gasteiger partial charge in [0.2, 0.25) is 0 Å². The number of anilines is 1. The van der Waals surface area contributed by atoms with E-state index in [-0.39, 0.29) is 5.60 Å². The molecule has 0 amide bonds. The van der Waals surface area contributed by atoms with E-state index in [0.717, 1.165) is 24.5 Å². The average molecular weight is 327 g/mol. The molecule has 5 heteroatoms. The third kappa shape index (κ3) is 2.17. The highest BCUT2D eigenvalue weighted by Gasteiger charge is 2.52. The van der Waals surface area contributed by atoms with E-state index in [4.69, 9.17) is 4.84 Å². The largest absolute Gasteiger partial charge is 0.386 e. The standard InChI is InChI=1S/C18H21N3OS/c1-12-10-23-16-8-14(2-3-15(12)16)19-17-9-18(22-20-17)11-21-6-4-13(18)5-7-21/h2-3,8,10,13H,4-7,9,11H2,1H3,(H,19,20)/t18-/m0/s1. The van der Waals surface area contributed by atoms with E-state index in [1.54, 1.807) is 11.3 Å². The first-order chi connectivity index (χ1) is 11.2. The normalized spacial score (nSPS) is 32.3. The summed E-state index contributed by atoms with van der Waals surface area (Å²) in [5.74, 6) is 1.64. The van der Waals surface area contributed by atoms with Gasteiger partial charge in [0.1, 0.15) is 0 Å². The van der Waals surface area contributed by atoms with Crippen molar-refractivity contribution in [3.63, 3.8) is 0 Å². The van der Waals surface area contributed by atoms with Crippen molar-refractivity contribution in [3.05, 3.63) is 29.1 Å². The summed E-state index contributed by atoms with van der Waals surface area (Å²) in [5, 5.41) is 11.4. The molecule has 4 aliphatic rings. The van der Waals surface area contributed by atoms with E-state index in [1.165, 1.54) is 41.6 Å². The molecule has 0 radical (unpaired) electrons. The van der Waals surface area contributed by atoms with Gasteiger partial charge >= 0.3 is 0 Å². The molecule has 120 valence electrons. The Morgan fingerprint density at radius 2 is 2.22 bits per heavy atom. The summed E-state index contributed by atoms with van der Waals surface area (Å²) in [6.45, 7) is 5.66. The van der Waals surface area contributed by atoms with E-state index in [0.29, 0.717) is 5.92 Å². The smallest absolute Gasteiger partial charge is 0.160 e. The van der Waals surface area contributed by atoms with Crippen LogP contribution in [0.4, 0.5) is 5.69 Å². The van der Waals surface area contributed by atoms with Gasteiger partial charge in [0.15, 0.2) is 11.4 Å². The average Bonchev–Trinajstić information content (AvgIpc) is 3.13. The summed E-state index contributed by atoms with van der Waals surface area (Å²) in [6, 6.07) is 6.56. The molecule has 4 nitrogen and oxygen atoms in total. The van der Waals surface area contributed by atoms with E-state index in [2.05, 4.69) is 45.9 Å². The van der Waals surface area contributed by atoms with Crippen molar-refractivity contribution in [2.45, 2.75) is 31.8 Å². The minimum absolute atomic E-state index is 0.0670. The van der Waals surface area contributed by atoms with Crippen LogP contribution in [-0.2, 0) is 4.84 Å². The van der Waals surface area contributed by atoms with E-state index < -0.39 is 0 Å². The maximum Gasteiger partial charge on any atom is 0.160 e. The van der Waals surface area contributed by atoms with Gasteiger partial charge in [-0.2, -0.15) is 0 Å². The number of hydrogen-bond donors (Lipinski definition) is 1. The van der Waals surface area contributed by atoms with Gasteiger partial charge < -0.3 is 10.2 Å². The lowest BCUT2D eigenvalue weighted by Gasteiger charge is -2.49. The first kappa shape index (κ1) is 13.8. The van der Waals surface area contributed by atoms with E-state index in [9.17, 15) is 0 Å². The van der Waals surface area contributed by atoms with Gasteiger partial charge in [-0.05, 0) is 61.3 Å². The van der Waals surface area contributed by atoms with Gasteiger partial charge in [-0.1, -0.05) is 11.2 Å². The van der Waals surface area contributed by atoms with Gasteiger partial charge in [-0.3, -0.25) is 4.90 Å². The molecule has 1 aromatic carbocycles. The highest BCUT2D eigenvalue weighted by atomic mass is 32.1. The SMILES string of the molecule is Cc1csc2cc(NC3=NO[C@@]4(C3)CN3CCC4CC3)ccc12. The van der Waals surface area contributed by atoms with Gasteiger partial charge in [0, 0.05) is 22.8 Å². The number of oxime groups is 1. The summed E-state index contributed by atoms with van der Waals surface area (Å²) < 4.78 is 1.32. The molecule has 4 aliphatic heterocycles. The van der Waals surface area contributed by atoms with Crippen LogP contribution >= 0.6 is 11.3 Å². The lowest BCUT2D eigenvalue weighted by atomic mass is 9.73. The molecule has 23 heavy (non-hydrogen) atoms. The first-order valence-electron chi connectivity index (χ1n) is 8.44. The molecule has 2 aromatic rings. The molecule has 5 heterocycles. The number of piperidine rings is 3. The minimum atomic E-state index is -0.0670. The summed E-state index contributed by atoms with van der Waals surface area (Å²) in [6.07, 6.45) is 3.42. The monoisotopic (exact) mass is 327 g/mol. The maximum absolute atomic E-state index is 5.98. The Morgan fingerprint density at radius 1 is 1.35 bits per heavy atom. The Hall–Kier alpha value is -1.59. The summed E-state index contributed by atoms with van der Waals surface area (Å²) in [7, 11) is 0. The lowest BCUT2D eigenvalue weighted by Crippen LogP contribution is -2.59. The van der Waals surface area contributed by atoms with Crippen molar-refractivity contribution in [1.82, 2.24) is 4.90 Å². The molecule has 3 saturated heterocycles. The second-order valence-corrected chi connectivity index (χ2v) is 8.09. The molecule has 0 saturated carbocycles. The number of hydrogen-bond acceptors (Lipinski definition) is 5.